The summed E-state index contributed by atoms with van der Waals surface area (Å²) >= 11 is 16.7. The Bertz CT molecular complexity index is 388. The molecule has 106 valence electrons. The van der Waals surface area contributed by atoms with Crippen LogP contribution in [0.3, 0.4) is 0 Å². The number of likely N-dealkylation sites (N-methyl/N-ethyl adjacent to an activating group) is 1. The molecule has 1 saturated heterocycles. The van der Waals surface area contributed by atoms with Crippen molar-refractivity contribution in [1.29, 1.82) is 0 Å². The maximum Gasteiger partial charge on any atom is 0.0453 e. The molecule has 0 bridgehead atoms. The van der Waals surface area contributed by atoms with Gasteiger partial charge in [-0.25, -0.2) is 0 Å². The smallest absolute Gasteiger partial charge is 0.0453 e. The second-order valence-electron chi connectivity index (χ2n) is 4.55. The van der Waals surface area contributed by atoms with Crippen LogP contribution in [0.2, 0.25) is 10.0 Å². The third-order valence-electron chi connectivity index (χ3n) is 3.24. The van der Waals surface area contributed by atoms with Gasteiger partial charge in [0.1, 0.15) is 0 Å². The third kappa shape index (κ3) is 4.47. The fourth-order valence-corrected chi connectivity index (χ4v) is 5.72. The molecule has 0 amide bonds. The molecule has 0 aliphatic carbocycles. The van der Waals surface area contributed by atoms with Crippen LogP contribution in [-0.2, 0) is 6.42 Å². The van der Waals surface area contributed by atoms with Crippen molar-refractivity contribution >= 4 is 46.7 Å². The number of nitrogens with one attached hydrogen (secondary N) is 1. The first-order chi connectivity index (χ1) is 9.22. The Kier molecular flexibility index (Phi) is 6.70. The maximum atomic E-state index is 6.29. The largest absolute Gasteiger partial charge is 0.313 e. The molecule has 0 saturated carbocycles. The first-order valence-corrected chi connectivity index (χ1v) is 9.54. The molecule has 19 heavy (non-hydrogen) atoms. The fourth-order valence-electron chi connectivity index (χ4n) is 2.28. The molecular weight excluding hydrogens is 317 g/mol. The fraction of sp³-hybridized carbons (Fsp3) is 0.571. The van der Waals surface area contributed by atoms with Gasteiger partial charge in [-0.05, 0) is 30.7 Å². The molecule has 1 aromatic rings. The highest BCUT2D eigenvalue weighted by molar-refractivity contribution is 8.06. The summed E-state index contributed by atoms with van der Waals surface area (Å²) in [7, 11) is 0. The van der Waals surface area contributed by atoms with Gasteiger partial charge in [0.25, 0.3) is 0 Å². The Hall–Kier alpha value is 0.460. The summed E-state index contributed by atoms with van der Waals surface area (Å²) in [6, 6.07) is 6.20. The second-order valence-corrected chi connectivity index (χ2v) is 7.86. The first-order valence-electron chi connectivity index (χ1n) is 6.58. The molecule has 1 N–H and O–H groups in total. The molecule has 5 heteroatoms. The van der Waals surface area contributed by atoms with Gasteiger partial charge in [-0.1, -0.05) is 36.2 Å². The lowest BCUT2D eigenvalue weighted by Crippen LogP contribution is -2.42. The van der Waals surface area contributed by atoms with E-state index >= 15 is 0 Å². The van der Waals surface area contributed by atoms with Gasteiger partial charge in [0.15, 0.2) is 0 Å². The lowest BCUT2D eigenvalue weighted by Gasteiger charge is -2.30. The molecule has 2 unspecified atom stereocenters. The van der Waals surface area contributed by atoms with E-state index in [4.69, 9.17) is 23.2 Å². The molecule has 1 fully saturated rings. The van der Waals surface area contributed by atoms with E-state index in [-0.39, 0.29) is 0 Å². The van der Waals surface area contributed by atoms with E-state index in [0.717, 1.165) is 28.6 Å². The zero-order valence-electron chi connectivity index (χ0n) is 11.0. The van der Waals surface area contributed by atoms with E-state index in [1.165, 1.54) is 17.3 Å². The molecular formula is C14H19Cl2NS2. The quantitative estimate of drug-likeness (QED) is 0.858. The van der Waals surface area contributed by atoms with E-state index in [1.807, 2.05) is 30.0 Å². The molecule has 1 aromatic carbocycles. The van der Waals surface area contributed by atoms with Crippen LogP contribution in [-0.4, -0.2) is 35.1 Å². The van der Waals surface area contributed by atoms with Crippen molar-refractivity contribution in [3.05, 3.63) is 33.8 Å². The van der Waals surface area contributed by atoms with Crippen LogP contribution in [0.15, 0.2) is 18.2 Å². The normalized spacial score (nSPS) is 21.3. The topological polar surface area (TPSA) is 12.0 Å². The van der Waals surface area contributed by atoms with Crippen LogP contribution in [0.1, 0.15) is 12.5 Å². The summed E-state index contributed by atoms with van der Waals surface area (Å²) in [4.78, 5) is 0. The number of rotatable bonds is 5. The molecule has 0 aromatic heterocycles. The molecule has 2 atom stereocenters. The van der Waals surface area contributed by atoms with E-state index < -0.39 is 0 Å². The van der Waals surface area contributed by atoms with E-state index in [9.17, 15) is 0 Å². The maximum absolute atomic E-state index is 6.29. The van der Waals surface area contributed by atoms with Crippen molar-refractivity contribution in [2.24, 2.45) is 0 Å². The number of halogens is 2. The van der Waals surface area contributed by atoms with Gasteiger partial charge in [0, 0.05) is 38.6 Å². The summed E-state index contributed by atoms with van der Waals surface area (Å²) in [6.45, 7) is 3.14. The molecule has 0 radical (unpaired) electrons. The molecule has 1 aliphatic rings. The summed E-state index contributed by atoms with van der Waals surface area (Å²) < 4.78 is 0. The highest BCUT2D eigenvalue weighted by atomic mass is 35.5. The Labute approximate surface area is 134 Å². The third-order valence-corrected chi connectivity index (χ3v) is 6.87. The van der Waals surface area contributed by atoms with Crippen molar-refractivity contribution in [2.75, 3.05) is 23.8 Å². The highest BCUT2D eigenvalue weighted by Gasteiger charge is 2.25. The van der Waals surface area contributed by atoms with Crippen molar-refractivity contribution < 1.29 is 0 Å². The zero-order valence-corrected chi connectivity index (χ0v) is 14.1. The number of benzene rings is 1. The van der Waals surface area contributed by atoms with E-state index in [1.54, 1.807) is 0 Å². The van der Waals surface area contributed by atoms with Gasteiger partial charge in [0.05, 0.1) is 0 Å². The minimum absolute atomic E-state index is 0.445. The van der Waals surface area contributed by atoms with E-state index in [2.05, 4.69) is 24.0 Å². The van der Waals surface area contributed by atoms with Crippen molar-refractivity contribution in [3.8, 4) is 0 Å². The number of thioether (sulfide) groups is 2. The van der Waals surface area contributed by atoms with Gasteiger partial charge in [0.2, 0.25) is 0 Å². The van der Waals surface area contributed by atoms with E-state index in [0.29, 0.717) is 11.3 Å². The van der Waals surface area contributed by atoms with Crippen LogP contribution in [0, 0.1) is 0 Å². The molecule has 1 heterocycles. The predicted molar refractivity (Wildman–Crippen MR) is 91.2 cm³/mol. The van der Waals surface area contributed by atoms with Gasteiger partial charge in [-0.15, -0.1) is 0 Å². The SMILES string of the molecule is CCNC(Cc1c(Cl)cccc1Cl)C1CSCCS1. The van der Waals surface area contributed by atoms with Crippen LogP contribution in [0.5, 0.6) is 0 Å². The Morgan fingerprint density at radius 2 is 2.05 bits per heavy atom. The second kappa shape index (κ2) is 8.04. The minimum Gasteiger partial charge on any atom is -0.313 e. The molecule has 2 rings (SSSR count). The van der Waals surface area contributed by atoms with Gasteiger partial charge in [-0.3, -0.25) is 0 Å². The van der Waals surface area contributed by atoms with Crippen molar-refractivity contribution in [3.63, 3.8) is 0 Å². The standard InChI is InChI=1S/C14H19Cl2NS2/c1-2-17-13(14-9-18-6-7-19-14)8-10-11(15)4-3-5-12(10)16/h3-5,13-14,17H,2,6-9H2,1H3. The Morgan fingerprint density at radius 1 is 1.32 bits per heavy atom. The number of hydrogen-bond donors (Lipinski definition) is 1. The molecule has 1 nitrogen and oxygen atoms in total. The zero-order chi connectivity index (χ0) is 13.7. The summed E-state index contributed by atoms with van der Waals surface area (Å²) in [6.07, 6.45) is 0.907. The summed E-state index contributed by atoms with van der Waals surface area (Å²) in [5.41, 5.74) is 1.08. The van der Waals surface area contributed by atoms with Crippen LogP contribution >= 0.6 is 46.7 Å². The average molecular weight is 336 g/mol. The average Bonchev–Trinajstić information content (AvgIpc) is 2.43. The highest BCUT2D eigenvalue weighted by Crippen LogP contribution is 2.31. The summed E-state index contributed by atoms with van der Waals surface area (Å²) in [5.74, 6) is 3.73. The van der Waals surface area contributed by atoms with Crippen LogP contribution < -0.4 is 5.32 Å². The van der Waals surface area contributed by atoms with Crippen LogP contribution in [0.4, 0.5) is 0 Å². The Balaban J connectivity index is 2.11. The van der Waals surface area contributed by atoms with Gasteiger partial charge < -0.3 is 5.32 Å². The van der Waals surface area contributed by atoms with Crippen molar-refractivity contribution in [2.45, 2.75) is 24.6 Å². The number of hydrogen-bond acceptors (Lipinski definition) is 3. The van der Waals surface area contributed by atoms with Gasteiger partial charge >= 0.3 is 0 Å². The lowest BCUT2D eigenvalue weighted by molar-refractivity contribution is 0.522. The summed E-state index contributed by atoms with van der Waals surface area (Å²) in [5, 5.41) is 5.81. The molecule has 1 aliphatic heterocycles. The monoisotopic (exact) mass is 335 g/mol. The van der Waals surface area contributed by atoms with Crippen molar-refractivity contribution in [1.82, 2.24) is 5.32 Å². The lowest BCUT2D eigenvalue weighted by atomic mass is 10.0. The van der Waals surface area contributed by atoms with Crippen LogP contribution in [0.25, 0.3) is 0 Å². The molecule has 0 spiro atoms. The minimum atomic E-state index is 0.445. The first kappa shape index (κ1) is 15.8. The predicted octanol–water partition coefficient (Wildman–Crippen LogP) is 4.36. The Morgan fingerprint density at radius 3 is 2.63 bits per heavy atom. The van der Waals surface area contributed by atoms with Gasteiger partial charge in [-0.2, -0.15) is 23.5 Å².